The summed E-state index contributed by atoms with van der Waals surface area (Å²) in [5, 5.41) is 9.71. The van der Waals surface area contributed by atoms with Crippen molar-refractivity contribution in [3.63, 3.8) is 0 Å². The Labute approximate surface area is 119 Å². The molecule has 1 aromatic carbocycles. The summed E-state index contributed by atoms with van der Waals surface area (Å²) in [6.45, 7) is 2.50. The van der Waals surface area contributed by atoms with Gasteiger partial charge >= 0.3 is 0 Å². The zero-order chi connectivity index (χ0) is 14.0. The lowest BCUT2D eigenvalue weighted by Gasteiger charge is -2.14. The maximum absolute atomic E-state index is 9.71. The Hall–Kier alpha value is -0.980. The van der Waals surface area contributed by atoms with Crippen LogP contribution < -0.4 is 5.48 Å². The molecule has 1 aromatic rings. The third-order valence-corrected chi connectivity index (χ3v) is 3.14. The van der Waals surface area contributed by atoms with E-state index in [1.165, 1.54) is 0 Å². The standard InChI is InChI=1S/C15H23NO4/c17-14(11-18-12-15-7-4-8-19-15)9-16-20-10-13-5-2-1-3-6-13/h1-3,5-6,14-17H,4,7-12H2. The van der Waals surface area contributed by atoms with E-state index in [9.17, 15) is 5.11 Å². The van der Waals surface area contributed by atoms with Crippen LogP contribution in [-0.2, 0) is 20.9 Å². The summed E-state index contributed by atoms with van der Waals surface area (Å²) < 4.78 is 10.9. The average molecular weight is 281 g/mol. The van der Waals surface area contributed by atoms with Crippen LogP contribution in [0.5, 0.6) is 0 Å². The van der Waals surface area contributed by atoms with E-state index in [1.807, 2.05) is 30.3 Å². The Morgan fingerprint density at radius 1 is 1.35 bits per heavy atom. The normalized spacial score (nSPS) is 20.1. The summed E-state index contributed by atoms with van der Waals surface area (Å²) >= 11 is 0. The smallest absolute Gasteiger partial charge is 0.0933 e. The molecule has 0 saturated carbocycles. The number of aliphatic hydroxyl groups excluding tert-OH is 1. The summed E-state index contributed by atoms with van der Waals surface area (Å²) in [6.07, 6.45) is 1.77. The number of ether oxygens (including phenoxy) is 2. The van der Waals surface area contributed by atoms with Crippen molar-refractivity contribution >= 4 is 0 Å². The van der Waals surface area contributed by atoms with Gasteiger partial charge in [-0.1, -0.05) is 30.3 Å². The number of benzene rings is 1. The van der Waals surface area contributed by atoms with Crippen LogP contribution in [0.25, 0.3) is 0 Å². The van der Waals surface area contributed by atoms with Gasteiger partial charge in [0, 0.05) is 13.2 Å². The molecule has 1 fully saturated rings. The van der Waals surface area contributed by atoms with Crippen LogP contribution in [0, 0.1) is 0 Å². The molecule has 2 rings (SSSR count). The Balaban J connectivity index is 1.46. The highest BCUT2D eigenvalue weighted by atomic mass is 16.6. The Kier molecular flexibility index (Phi) is 6.97. The number of aliphatic hydroxyl groups is 1. The average Bonchev–Trinajstić information content (AvgIpc) is 2.98. The van der Waals surface area contributed by atoms with Crippen LogP contribution in [0.2, 0.25) is 0 Å². The Morgan fingerprint density at radius 3 is 2.95 bits per heavy atom. The molecule has 112 valence electrons. The lowest BCUT2D eigenvalue weighted by Crippen LogP contribution is -2.31. The van der Waals surface area contributed by atoms with Gasteiger partial charge in [-0.2, -0.15) is 5.48 Å². The topological polar surface area (TPSA) is 60.0 Å². The van der Waals surface area contributed by atoms with Crippen molar-refractivity contribution in [3.8, 4) is 0 Å². The van der Waals surface area contributed by atoms with Crippen LogP contribution in [-0.4, -0.2) is 43.7 Å². The van der Waals surface area contributed by atoms with Crippen LogP contribution in [0.4, 0.5) is 0 Å². The number of rotatable bonds is 9. The van der Waals surface area contributed by atoms with E-state index in [1.54, 1.807) is 0 Å². The maximum atomic E-state index is 9.71. The molecule has 2 atom stereocenters. The second kappa shape index (κ2) is 9.05. The van der Waals surface area contributed by atoms with Crippen molar-refractivity contribution in [1.29, 1.82) is 0 Å². The van der Waals surface area contributed by atoms with Gasteiger partial charge in [-0.25, -0.2) is 0 Å². The molecule has 0 spiro atoms. The van der Waals surface area contributed by atoms with Crippen molar-refractivity contribution in [1.82, 2.24) is 5.48 Å². The molecule has 2 N–H and O–H groups in total. The fraction of sp³-hybridized carbons (Fsp3) is 0.600. The first-order valence-corrected chi connectivity index (χ1v) is 7.10. The molecule has 2 unspecified atom stereocenters. The minimum Gasteiger partial charge on any atom is -0.389 e. The zero-order valence-corrected chi connectivity index (χ0v) is 11.7. The van der Waals surface area contributed by atoms with E-state index in [2.05, 4.69) is 5.48 Å². The quantitative estimate of drug-likeness (QED) is 0.527. The molecule has 1 saturated heterocycles. The maximum Gasteiger partial charge on any atom is 0.0933 e. The first-order chi connectivity index (χ1) is 9.84. The largest absolute Gasteiger partial charge is 0.389 e. The summed E-state index contributed by atoms with van der Waals surface area (Å²) in [5.41, 5.74) is 3.84. The second-order valence-electron chi connectivity index (χ2n) is 4.95. The molecule has 0 radical (unpaired) electrons. The summed E-state index contributed by atoms with van der Waals surface area (Å²) in [4.78, 5) is 5.28. The molecule has 0 bridgehead atoms. The minimum absolute atomic E-state index is 0.199. The van der Waals surface area contributed by atoms with Gasteiger partial charge in [0.2, 0.25) is 0 Å². The van der Waals surface area contributed by atoms with Gasteiger partial charge in [-0.05, 0) is 18.4 Å². The molecule has 0 aromatic heterocycles. The fourth-order valence-electron chi connectivity index (χ4n) is 2.03. The predicted molar refractivity (Wildman–Crippen MR) is 75.0 cm³/mol. The third kappa shape index (κ3) is 5.98. The molecule has 20 heavy (non-hydrogen) atoms. The predicted octanol–water partition coefficient (Wildman–Crippen LogP) is 1.26. The highest BCUT2D eigenvalue weighted by Crippen LogP contribution is 2.11. The molecular weight excluding hydrogens is 258 g/mol. The van der Waals surface area contributed by atoms with E-state index >= 15 is 0 Å². The third-order valence-electron chi connectivity index (χ3n) is 3.14. The van der Waals surface area contributed by atoms with E-state index in [-0.39, 0.29) is 6.10 Å². The molecule has 0 aliphatic carbocycles. The van der Waals surface area contributed by atoms with Crippen molar-refractivity contribution in [3.05, 3.63) is 35.9 Å². The first kappa shape index (κ1) is 15.4. The van der Waals surface area contributed by atoms with Crippen molar-refractivity contribution in [2.75, 3.05) is 26.4 Å². The summed E-state index contributed by atoms with van der Waals surface area (Å²) in [6, 6.07) is 9.87. The Bertz CT molecular complexity index is 354. The Morgan fingerprint density at radius 2 is 2.20 bits per heavy atom. The number of nitrogens with one attached hydrogen (secondary N) is 1. The fourth-order valence-corrected chi connectivity index (χ4v) is 2.03. The molecule has 1 heterocycles. The highest BCUT2D eigenvalue weighted by Gasteiger charge is 2.16. The van der Waals surface area contributed by atoms with Gasteiger partial charge in [-0.15, -0.1) is 0 Å². The van der Waals surface area contributed by atoms with Crippen LogP contribution in [0.3, 0.4) is 0 Å². The second-order valence-corrected chi connectivity index (χ2v) is 4.95. The van der Waals surface area contributed by atoms with Crippen LogP contribution in [0.1, 0.15) is 18.4 Å². The van der Waals surface area contributed by atoms with E-state index in [0.717, 1.165) is 25.0 Å². The SMILES string of the molecule is OC(CNOCc1ccccc1)COCC1CCCO1. The lowest BCUT2D eigenvalue weighted by molar-refractivity contribution is -0.0401. The van der Waals surface area contributed by atoms with Gasteiger partial charge in [0.15, 0.2) is 0 Å². The molecule has 5 nitrogen and oxygen atoms in total. The van der Waals surface area contributed by atoms with E-state index < -0.39 is 6.10 Å². The molecule has 1 aliphatic rings. The molecule has 1 aliphatic heterocycles. The van der Waals surface area contributed by atoms with Gasteiger partial charge in [0.25, 0.3) is 0 Å². The van der Waals surface area contributed by atoms with Crippen LogP contribution in [0.15, 0.2) is 30.3 Å². The number of hydrogen-bond donors (Lipinski definition) is 2. The first-order valence-electron chi connectivity index (χ1n) is 7.10. The number of hydrogen-bond acceptors (Lipinski definition) is 5. The number of hydroxylamine groups is 1. The van der Waals surface area contributed by atoms with Crippen LogP contribution >= 0.6 is 0 Å². The summed E-state index contributed by atoms with van der Waals surface area (Å²) in [5.74, 6) is 0. The zero-order valence-electron chi connectivity index (χ0n) is 11.7. The van der Waals surface area contributed by atoms with Crippen molar-refractivity contribution in [2.24, 2.45) is 0 Å². The highest BCUT2D eigenvalue weighted by molar-refractivity contribution is 5.13. The molecule has 0 amide bonds. The lowest BCUT2D eigenvalue weighted by atomic mass is 10.2. The van der Waals surface area contributed by atoms with Gasteiger partial charge in [0.05, 0.1) is 32.0 Å². The van der Waals surface area contributed by atoms with E-state index in [0.29, 0.717) is 26.4 Å². The van der Waals surface area contributed by atoms with Gasteiger partial charge < -0.3 is 14.6 Å². The monoisotopic (exact) mass is 281 g/mol. The molecule has 5 heteroatoms. The summed E-state index contributed by atoms with van der Waals surface area (Å²) in [7, 11) is 0. The van der Waals surface area contributed by atoms with Gasteiger partial charge in [-0.3, -0.25) is 4.84 Å². The van der Waals surface area contributed by atoms with Crippen molar-refractivity contribution in [2.45, 2.75) is 31.7 Å². The molecular formula is C15H23NO4. The minimum atomic E-state index is -0.577. The van der Waals surface area contributed by atoms with E-state index in [4.69, 9.17) is 14.3 Å². The van der Waals surface area contributed by atoms with Gasteiger partial charge in [0.1, 0.15) is 0 Å². The van der Waals surface area contributed by atoms with Crippen molar-refractivity contribution < 1.29 is 19.4 Å².